The van der Waals surface area contributed by atoms with Gasteiger partial charge >= 0.3 is 0 Å². The van der Waals surface area contributed by atoms with Crippen LogP contribution in [-0.4, -0.2) is 41.6 Å². The van der Waals surface area contributed by atoms with Crippen molar-refractivity contribution in [3.63, 3.8) is 0 Å². The summed E-state index contributed by atoms with van der Waals surface area (Å²) >= 11 is 0. The van der Waals surface area contributed by atoms with Gasteiger partial charge in [-0.25, -0.2) is 0 Å². The van der Waals surface area contributed by atoms with E-state index in [9.17, 15) is 4.21 Å². The Hall–Kier alpha value is 0.0700. The molecule has 0 saturated heterocycles. The molecular weight excluding hydrogens is 392 g/mol. The summed E-state index contributed by atoms with van der Waals surface area (Å²) < 4.78 is 23.6. The monoisotopic (exact) mass is 446 g/mol. The van der Waals surface area contributed by atoms with Gasteiger partial charge in [-0.05, 0) is 31.6 Å². The van der Waals surface area contributed by atoms with Crippen molar-refractivity contribution in [2.75, 3.05) is 31.3 Å². The highest BCUT2D eigenvalue weighted by molar-refractivity contribution is 7.84. The van der Waals surface area contributed by atoms with E-state index in [-0.39, 0.29) is 6.10 Å². The second kappa shape index (κ2) is 23.7. The van der Waals surface area contributed by atoms with Gasteiger partial charge in [0.15, 0.2) is 0 Å². The number of hydrogen-bond donors (Lipinski definition) is 0. The summed E-state index contributed by atoms with van der Waals surface area (Å²) in [4.78, 5) is 0. The molecule has 0 amide bonds. The number of ether oxygens (including phenoxy) is 2. The summed E-state index contributed by atoms with van der Waals surface area (Å²) in [6.45, 7) is 11.2. The van der Waals surface area contributed by atoms with Crippen LogP contribution in [0.1, 0.15) is 124 Å². The lowest BCUT2D eigenvalue weighted by Gasteiger charge is -2.16. The lowest BCUT2D eigenvalue weighted by atomic mass is 10.0. The van der Waals surface area contributed by atoms with Crippen LogP contribution in [0.5, 0.6) is 0 Å². The van der Waals surface area contributed by atoms with Crippen molar-refractivity contribution in [3.8, 4) is 0 Å². The van der Waals surface area contributed by atoms with Crippen LogP contribution in [-0.2, 0) is 20.3 Å². The molecule has 3 nitrogen and oxygen atoms in total. The van der Waals surface area contributed by atoms with Gasteiger partial charge in [0.05, 0.1) is 12.7 Å². The maximum atomic E-state index is 12.1. The highest BCUT2D eigenvalue weighted by Gasteiger charge is 2.07. The summed E-state index contributed by atoms with van der Waals surface area (Å²) in [5.41, 5.74) is 0. The summed E-state index contributed by atoms with van der Waals surface area (Å²) in [6, 6.07) is 0. The Labute approximate surface area is 191 Å². The molecule has 2 atom stereocenters. The van der Waals surface area contributed by atoms with Gasteiger partial charge in [-0.1, -0.05) is 98.3 Å². The third-order valence-corrected chi connectivity index (χ3v) is 7.16. The fourth-order valence-corrected chi connectivity index (χ4v) is 4.72. The highest BCUT2D eigenvalue weighted by atomic mass is 32.2. The molecule has 0 aliphatic rings. The molecule has 0 aromatic carbocycles. The highest BCUT2D eigenvalue weighted by Crippen LogP contribution is 2.13. The molecule has 0 heterocycles. The number of unbranched alkanes of at least 4 members (excludes halogenated alkanes) is 10. The molecule has 0 aliphatic heterocycles. The molecule has 0 aromatic heterocycles. The van der Waals surface area contributed by atoms with Crippen LogP contribution in [0, 0.1) is 5.92 Å². The number of hydrogen-bond acceptors (Lipinski definition) is 3. The topological polar surface area (TPSA) is 35.5 Å². The first-order chi connectivity index (χ1) is 14.6. The molecule has 0 bridgehead atoms. The summed E-state index contributed by atoms with van der Waals surface area (Å²) in [5.74, 6) is 2.51. The van der Waals surface area contributed by atoms with Crippen molar-refractivity contribution in [2.45, 2.75) is 130 Å². The van der Waals surface area contributed by atoms with Crippen molar-refractivity contribution < 1.29 is 13.7 Å². The Morgan fingerprint density at radius 1 is 0.700 bits per heavy atom. The normalized spacial score (nSPS) is 13.8. The van der Waals surface area contributed by atoms with Crippen LogP contribution < -0.4 is 0 Å². The Morgan fingerprint density at radius 3 is 1.83 bits per heavy atom. The minimum atomic E-state index is -0.670. The molecule has 182 valence electrons. The van der Waals surface area contributed by atoms with E-state index in [0.29, 0.717) is 13.2 Å². The molecule has 0 N–H and O–H groups in total. The van der Waals surface area contributed by atoms with E-state index in [2.05, 4.69) is 27.7 Å². The van der Waals surface area contributed by atoms with Gasteiger partial charge in [0.25, 0.3) is 0 Å². The molecule has 2 unspecified atom stereocenters. The number of rotatable bonds is 24. The lowest BCUT2D eigenvalue weighted by Crippen LogP contribution is -2.20. The van der Waals surface area contributed by atoms with Crippen molar-refractivity contribution in [1.82, 2.24) is 0 Å². The summed E-state index contributed by atoms with van der Waals surface area (Å²) in [6.07, 6.45) is 19.2. The molecule has 4 heteroatoms. The molecule has 0 aliphatic carbocycles. The molecule has 0 aromatic rings. The SMILES string of the molecule is CCCCOC(CC)COCCCS(=O)CCCCCCCCCCCCC(C)C. The zero-order valence-corrected chi connectivity index (χ0v) is 21.7. The fourth-order valence-electron chi connectivity index (χ4n) is 3.55. The fraction of sp³-hybridized carbons (Fsp3) is 1.00. The van der Waals surface area contributed by atoms with E-state index in [1.165, 1.54) is 70.6 Å². The largest absolute Gasteiger partial charge is 0.379 e. The molecule has 0 spiro atoms. The van der Waals surface area contributed by atoms with Crippen LogP contribution in [0.15, 0.2) is 0 Å². The van der Waals surface area contributed by atoms with Gasteiger partial charge < -0.3 is 9.47 Å². The minimum Gasteiger partial charge on any atom is -0.379 e. The van der Waals surface area contributed by atoms with Gasteiger partial charge in [-0.3, -0.25) is 4.21 Å². The Kier molecular flexibility index (Phi) is 23.8. The quantitative estimate of drug-likeness (QED) is 0.143. The first kappa shape index (κ1) is 30.1. The molecule has 30 heavy (non-hydrogen) atoms. The van der Waals surface area contributed by atoms with Gasteiger partial charge in [0.2, 0.25) is 0 Å². The lowest BCUT2D eigenvalue weighted by molar-refractivity contribution is -0.0186. The Bertz CT molecular complexity index is 360. The van der Waals surface area contributed by atoms with E-state index in [1.54, 1.807) is 0 Å². The van der Waals surface area contributed by atoms with E-state index in [1.807, 2.05) is 0 Å². The van der Waals surface area contributed by atoms with Crippen LogP contribution in [0.2, 0.25) is 0 Å². The van der Waals surface area contributed by atoms with Crippen LogP contribution >= 0.6 is 0 Å². The van der Waals surface area contributed by atoms with Crippen LogP contribution in [0.3, 0.4) is 0 Å². The van der Waals surface area contributed by atoms with Gasteiger partial charge in [0, 0.05) is 35.5 Å². The maximum absolute atomic E-state index is 12.1. The summed E-state index contributed by atoms with van der Waals surface area (Å²) in [5, 5.41) is 0. The zero-order chi connectivity index (χ0) is 22.3. The molecule has 0 rings (SSSR count). The Balaban J connectivity index is 3.32. The van der Waals surface area contributed by atoms with Gasteiger partial charge in [-0.15, -0.1) is 0 Å². The van der Waals surface area contributed by atoms with E-state index in [4.69, 9.17) is 9.47 Å². The first-order valence-corrected chi connectivity index (χ1v) is 14.6. The zero-order valence-electron chi connectivity index (χ0n) is 20.9. The standard InChI is InChI=1S/C26H54O3S/c1-5-7-21-29-26(6-2)24-28-20-18-23-30(27)22-17-15-13-11-9-8-10-12-14-16-19-25(3)4/h25-26H,5-24H2,1-4H3. The smallest absolute Gasteiger partial charge is 0.0805 e. The average molecular weight is 447 g/mol. The van der Waals surface area contributed by atoms with Crippen molar-refractivity contribution in [3.05, 3.63) is 0 Å². The van der Waals surface area contributed by atoms with E-state index < -0.39 is 10.8 Å². The predicted octanol–water partition coefficient (Wildman–Crippen LogP) is 7.68. The minimum absolute atomic E-state index is 0.215. The second-order valence-electron chi connectivity index (χ2n) is 9.25. The van der Waals surface area contributed by atoms with Crippen molar-refractivity contribution in [2.24, 2.45) is 5.92 Å². The molecule has 0 saturated carbocycles. The first-order valence-electron chi connectivity index (χ1n) is 13.1. The van der Waals surface area contributed by atoms with Gasteiger partial charge in [-0.2, -0.15) is 0 Å². The van der Waals surface area contributed by atoms with Crippen molar-refractivity contribution in [1.29, 1.82) is 0 Å². The predicted molar refractivity (Wildman–Crippen MR) is 134 cm³/mol. The van der Waals surface area contributed by atoms with Gasteiger partial charge in [0.1, 0.15) is 0 Å². The molecular formula is C26H54O3S. The van der Waals surface area contributed by atoms with E-state index in [0.717, 1.165) is 49.7 Å². The molecule has 0 fully saturated rings. The van der Waals surface area contributed by atoms with Crippen LogP contribution in [0.25, 0.3) is 0 Å². The maximum Gasteiger partial charge on any atom is 0.0805 e. The summed E-state index contributed by atoms with van der Waals surface area (Å²) in [7, 11) is -0.670. The molecule has 0 radical (unpaired) electrons. The van der Waals surface area contributed by atoms with Crippen LogP contribution in [0.4, 0.5) is 0 Å². The van der Waals surface area contributed by atoms with E-state index >= 15 is 0 Å². The average Bonchev–Trinajstić information content (AvgIpc) is 2.72. The second-order valence-corrected chi connectivity index (χ2v) is 10.9. The third kappa shape index (κ3) is 22.7. The Morgan fingerprint density at radius 2 is 1.27 bits per heavy atom. The third-order valence-electron chi connectivity index (χ3n) is 5.67. The van der Waals surface area contributed by atoms with Crippen molar-refractivity contribution >= 4 is 10.8 Å².